The van der Waals surface area contributed by atoms with Crippen LogP contribution in [0.15, 0.2) is 30.3 Å². The standard InChI is InChI=1S/C14H19N3S/c1-2-3-4-10-5-7-11(8-6-10)17-13-9-12(15)14(16)18-13/h5-9,17H,2-4,15-16H2,1H3. The van der Waals surface area contributed by atoms with Crippen LogP contribution in [0.2, 0.25) is 0 Å². The van der Waals surface area contributed by atoms with Crippen LogP contribution in [-0.2, 0) is 6.42 Å². The molecule has 2 aromatic rings. The Bertz CT molecular complexity index is 483. The molecule has 4 heteroatoms. The molecule has 0 radical (unpaired) electrons. The molecule has 0 amide bonds. The molecule has 0 atom stereocenters. The van der Waals surface area contributed by atoms with E-state index in [2.05, 4.69) is 36.5 Å². The quantitative estimate of drug-likeness (QED) is 0.762. The normalized spacial score (nSPS) is 10.5. The van der Waals surface area contributed by atoms with Gasteiger partial charge in [-0.3, -0.25) is 0 Å². The minimum atomic E-state index is 0.641. The predicted octanol–water partition coefficient (Wildman–Crippen LogP) is 4.00. The van der Waals surface area contributed by atoms with Gasteiger partial charge in [0.2, 0.25) is 0 Å². The maximum atomic E-state index is 5.73. The monoisotopic (exact) mass is 261 g/mol. The van der Waals surface area contributed by atoms with Crippen molar-refractivity contribution in [3.63, 3.8) is 0 Å². The zero-order valence-electron chi connectivity index (χ0n) is 10.6. The average Bonchev–Trinajstić information content (AvgIpc) is 2.67. The summed E-state index contributed by atoms with van der Waals surface area (Å²) in [5, 5.41) is 4.95. The molecule has 2 rings (SSSR count). The Morgan fingerprint density at radius 1 is 1.17 bits per heavy atom. The average molecular weight is 261 g/mol. The van der Waals surface area contributed by atoms with Crippen LogP contribution >= 0.6 is 11.3 Å². The Hall–Kier alpha value is -1.68. The van der Waals surface area contributed by atoms with E-state index in [1.165, 1.54) is 29.7 Å². The molecular weight excluding hydrogens is 242 g/mol. The van der Waals surface area contributed by atoms with Crippen molar-refractivity contribution in [3.8, 4) is 0 Å². The molecule has 0 spiro atoms. The van der Waals surface area contributed by atoms with E-state index >= 15 is 0 Å². The molecule has 0 aliphatic rings. The van der Waals surface area contributed by atoms with Gasteiger partial charge in [0.05, 0.1) is 10.7 Å². The molecule has 0 saturated heterocycles. The van der Waals surface area contributed by atoms with Crippen LogP contribution in [0, 0.1) is 0 Å². The van der Waals surface area contributed by atoms with Crippen molar-refractivity contribution in [1.29, 1.82) is 0 Å². The zero-order chi connectivity index (χ0) is 13.0. The molecule has 5 N–H and O–H groups in total. The first kappa shape index (κ1) is 12.8. The third-order valence-corrected chi connectivity index (χ3v) is 3.73. The van der Waals surface area contributed by atoms with Gasteiger partial charge in [0.15, 0.2) is 0 Å². The number of hydrogen-bond donors (Lipinski definition) is 3. The summed E-state index contributed by atoms with van der Waals surface area (Å²) in [6.07, 6.45) is 3.62. The van der Waals surface area contributed by atoms with Gasteiger partial charge in [0.25, 0.3) is 0 Å². The summed E-state index contributed by atoms with van der Waals surface area (Å²) < 4.78 is 0. The SMILES string of the molecule is CCCCc1ccc(Nc2cc(N)c(N)s2)cc1. The van der Waals surface area contributed by atoms with E-state index in [4.69, 9.17) is 11.5 Å². The summed E-state index contributed by atoms with van der Waals surface area (Å²) in [5.41, 5.74) is 14.5. The van der Waals surface area contributed by atoms with Crippen LogP contribution in [0.1, 0.15) is 25.3 Å². The van der Waals surface area contributed by atoms with E-state index in [9.17, 15) is 0 Å². The van der Waals surface area contributed by atoms with E-state index in [0.717, 1.165) is 17.1 Å². The number of anilines is 4. The van der Waals surface area contributed by atoms with Gasteiger partial charge < -0.3 is 16.8 Å². The summed E-state index contributed by atoms with van der Waals surface area (Å²) in [4.78, 5) is 0. The molecular formula is C14H19N3S. The van der Waals surface area contributed by atoms with Crippen LogP contribution < -0.4 is 16.8 Å². The van der Waals surface area contributed by atoms with Crippen LogP contribution in [0.3, 0.4) is 0 Å². The number of hydrogen-bond acceptors (Lipinski definition) is 4. The van der Waals surface area contributed by atoms with E-state index in [1.807, 2.05) is 6.07 Å². The smallest absolute Gasteiger partial charge is 0.111 e. The highest BCUT2D eigenvalue weighted by molar-refractivity contribution is 7.20. The molecule has 0 saturated carbocycles. The fourth-order valence-electron chi connectivity index (χ4n) is 1.76. The van der Waals surface area contributed by atoms with Crippen LogP contribution in [-0.4, -0.2) is 0 Å². The number of benzene rings is 1. The molecule has 18 heavy (non-hydrogen) atoms. The lowest BCUT2D eigenvalue weighted by molar-refractivity contribution is 0.795. The highest BCUT2D eigenvalue weighted by Crippen LogP contribution is 2.33. The van der Waals surface area contributed by atoms with E-state index in [0.29, 0.717) is 10.7 Å². The Morgan fingerprint density at radius 2 is 1.89 bits per heavy atom. The molecule has 1 heterocycles. The fraction of sp³-hybridized carbons (Fsp3) is 0.286. The molecule has 3 nitrogen and oxygen atoms in total. The first-order valence-corrected chi connectivity index (χ1v) is 7.01. The van der Waals surface area contributed by atoms with Gasteiger partial charge >= 0.3 is 0 Å². The summed E-state index contributed by atoms with van der Waals surface area (Å²) >= 11 is 1.47. The molecule has 96 valence electrons. The number of thiophene rings is 1. The van der Waals surface area contributed by atoms with Gasteiger partial charge in [0.1, 0.15) is 5.00 Å². The summed E-state index contributed by atoms with van der Waals surface area (Å²) in [5.74, 6) is 0. The molecule has 0 fully saturated rings. The lowest BCUT2D eigenvalue weighted by atomic mass is 10.1. The molecule has 0 aliphatic heterocycles. The maximum Gasteiger partial charge on any atom is 0.111 e. The van der Waals surface area contributed by atoms with E-state index in [1.54, 1.807) is 0 Å². The summed E-state index contributed by atoms with van der Waals surface area (Å²) in [6.45, 7) is 2.21. The Balaban J connectivity index is 2.01. The predicted molar refractivity (Wildman–Crippen MR) is 81.5 cm³/mol. The van der Waals surface area contributed by atoms with Crippen molar-refractivity contribution in [3.05, 3.63) is 35.9 Å². The van der Waals surface area contributed by atoms with Gasteiger partial charge in [0, 0.05) is 5.69 Å². The molecule has 1 aromatic heterocycles. The molecule has 0 bridgehead atoms. The number of nitrogens with two attached hydrogens (primary N) is 2. The third-order valence-electron chi connectivity index (χ3n) is 2.83. The van der Waals surface area contributed by atoms with E-state index < -0.39 is 0 Å². The summed E-state index contributed by atoms with van der Waals surface area (Å²) in [6, 6.07) is 10.4. The number of nitrogen functional groups attached to an aromatic ring is 2. The molecule has 0 unspecified atom stereocenters. The summed E-state index contributed by atoms with van der Waals surface area (Å²) in [7, 11) is 0. The van der Waals surface area contributed by atoms with Crippen LogP contribution in [0.5, 0.6) is 0 Å². The lowest BCUT2D eigenvalue weighted by Gasteiger charge is -2.05. The van der Waals surface area contributed by atoms with Gasteiger partial charge in [-0.25, -0.2) is 0 Å². The second kappa shape index (κ2) is 5.78. The van der Waals surface area contributed by atoms with Crippen molar-refractivity contribution in [2.45, 2.75) is 26.2 Å². The van der Waals surface area contributed by atoms with Crippen LogP contribution in [0.4, 0.5) is 21.4 Å². The Kier molecular flexibility index (Phi) is 4.10. The van der Waals surface area contributed by atoms with Crippen molar-refractivity contribution >= 4 is 32.7 Å². The second-order valence-corrected chi connectivity index (χ2v) is 5.44. The lowest BCUT2D eigenvalue weighted by Crippen LogP contribution is -1.89. The van der Waals surface area contributed by atoms with Gasteiger partial charge in [-0.05, 0) is 36.6 Å². The number of rotatable bonds is 5. The Morgan fingerprint density at radius 3 is 2.44 bits per heavy atom. The van der Waals surface area contributed by atoms with Crippen LogP contribution in [0.25, 0.3) is 0 Å². The number of unbranched alkanes of at least 4 members (excludes halogenated alkanes) is 1. The van der Waals surface area contributed by atoms with Crippen molar-refractivity contribution in [2.24, 2.45) is 0 Å². The third kappa shape index (κ3) is 3.17. The van der Waals surface area contributed by atoms with E-state index in [-0.39, 0.29) is 0 Å². The minimum Gasteiger partial charge on any atom is -0.396 e. The van der Waals surface area contributed by atoms with Crippen molar-refractivity contribution in [1.82, 2.24) is 0 Å². The Labute approximate surface area is 112 Å². The van der Waals surface area contributed by atoms with Gasteiger partial charge in [-0.2, -0.15) is 0 Å². The largest absolute Gasteiger partial charge is 0.396 e. The van der Waals surface area contributed by atoms with Gasteiger partial charge in [-0.15, -0.1) is 0 Å². The highest BCUT2D eigenvalue weighted by Gasteiger charge is 2.03. The first-order valence-electron chi connectivity index (χ1n) is 6.19. The highest BCUT2D eigenvalue weighted by atomic mass is 32.1. The van der Waals surface area contributed by atoms with Gasteiger partial charge in [-0.1, -0.05) is 36.8 Å². The maximum absolute atomic E-state index is 5.73. The molecule has 0 aliphatic carbocycles. The topological polar surface area (TPSA) is 64.1 Å². The van der Waals surface area contributed by atoms with Crippen molar-refractivity contribution < 1.29 is 0 Å². The number of aryl methyl sites for hydroxylation is 1. The first-order chi connectivity index (χ1) is 8.69. The number of nitrogens with one attached hydrogen (secondary N) is 1. The van der Waals surface area contributed by atoms with Crippen molar-refractivity contribution in [2.75, 3.05) is 16.8 Å². The second-order valence-electron chi connectivity index (χ2n) is 4.36. The minimum absolute atomic E-state index is 0.641. The fourth-order valence-corrected chi connectivity index (χ4v) is 2.53. The molecule has 1 aromatic carbocycles. The zero-order valence-corrected chi connectivity index (χ0v) is 11.4.